The lowest BCUT2D eigenvalue weighted by Gasteiger charge is -2.12. The zero-order valence-electron chi connectivity index (χ0n) is 7.75. The van der Waals surface area contributed by atoms with Crippen LogP contribution in [0, 0.1) is 5.92 Å². The summed E-state index contributed by atoms with van der Waals surface area (Å²) in [5, 5.41) is 5.84. The van der Waals surface area contributed by atoms with Crippen LogP contribution in [0.3, 0.4) is 0 Å². The van der Waals surface area contributed by atoms with Crippen molar-refractivity contribution < 1.29 is 4.79 Å². The molecule has 0 aromatic heterocycles. The van der Waals surface area contributed by atoms with Crippen molar-refractivity contribution in [1.82, 2.24) is 10.6 Å². The Morgan fingerprint density at radius 3 is 2.62 bits per heavy atom. The average Bonchev–Trinajstić information content (AvgIpc) is 2.82. The molecule has 0 spiro atoms. The third kappa shape index (κ3) is 2.76. The highest BCUT2D eigenvalue weighted by Crippen LogP contribution is 2.27. The molecule has 13 heavy (non-hydrogen) atoms. The molecular weight excluding hydrogens is 164 g/mol. The number of nitrogens with one attached hydrogen (secondary N) is 2. The van der Waals surface area contributed by atoms with Crippen molar-refractivity contribution >= 4 is 6.03 Å². The van der Waals surface area contributed by atoms with Gasteiger partial charge in [-0.25, -0.2) is 4.79 Å². The fraction of sp³-hybridized carbons (Fsp3) is 0.700. The summed E-state index contributed by atoms with van der Waals surface area (Å²) in [5.41, 5.74) is 0. The van der Waals surface area contributed by atoms with Crippen molar-refractivity contribution in [3.63, 3.8) is 0 Å². The minimum atomic E-state index is 0.000556. The predicted octanol–water partition coefficient (Wildman–Crippen LogP) is 1.41. The maximum atomic E-state index is 11.3. The quantitative estimate of drug-likeness (QED) is 0.633. The monoisotopic (exact) mass is 180 g/mol. The highest BCUT2D eigenvalue weighted by Gasteiger charge is 2.22. The number of carbonyl (C=O) groups is 1. The largest absolute Gasteiger partial charge is 0.338 e. The van der Waals surface area contributed by atoms with Gasteiger partial charge in [0.1, 0.15) is 0 Å². The number of amides is 2. The molecule has 0 saturated heterocycles. The molecule has 3 nitrogen and oxygen atoms in total. The Morgan fingerprint density at radius 1 is 1.31 bits per heavy atom. The number of hydrogen-bond donors (Lipinski definition) is 2. The maximum Gasteiger partial charge on any atom is 0.315 e. The van der Waals surface area contributed by atoms with Gasteiger partial charge < -0.3 is 10.6 Å². The van der Waals surface area contributed by atoms with Gasteiger partial charge in [-0.2, -0.15) is 0 Å². The first-order valence-electron chi connectivity index (χ1n) is 5.04. The number of urea groups is 1. The number of carbonyl (C=O) groups excluding carboxylic acids is 1. The summed E-state index contributed by atoms with van der Waals surface area (Å²) in [5.74, 6) is 0.757. The van der Waals surface area contributed by atoms with Crippen LogP contribution in [0.15, 0.2) is 12.2 Å². The van der Waals surface area contributed by atoms with Gasteiger partial charge in [-0.3, -0.25) is 0 Å². The Labute approximate surface area is 78.6 Å². The van der Waals surface area contributed by atoms with Gasteiger partial charge in [0.25, 0.3) is 0 Å². The molecule has 1 fully saturated rings. The van der Waals surface area contributed by atoms with Gasteiger partial charge >= 0.3 is 6.03 Å². The van der Waals surface area contributed by atoms with Crippen molar-refractivity contribution in [2.45, 2.75) is 31.7 Å². The van der Waals surface area contributed by atoms with Crippen molar-refractivity contribution in [2.24, 2.45) is 5.92 Å². The summed E-state index contributed by atoms with van der Waals surface area (Å²) in [4.78, 5) is 11.3. The lowest BCUT2D eigenvalue weighted by Crippen LogP contribution is -2.41. The Hall–Kier alpha value is -0.990. The summed E-state index contributed by atoms with van der Waals surface area (Å²) in [6.07, 6.45) is 8.77. The SMILES string of the molecule is O=C(NCC1CC1)NC1CC=CC1. The second-order valence-electron chi connectivity index (χ2n) is 3.94. The smallest absolute Gasteiger partial charge is 0.315 e. The van der Waals surface area contributed by atoms with Gasteiger partial charge in [-0.1, -0.05) is 12.2 Å². The van der Waals surface area contributed by atoms with E-state index in [0.29, 0.717) is 6.04 Å². The first-order valence-corrected chi connectivity index (χ1v) is 5.04. The fourth-order valence-electron chi connectivity index (χ4n) is 1.53. The molecular formula is C10H16N2O. The Kier molecular flexibility index (Phi) is 2.52. The van der Waals surface area contributed by atoms with Crippen LogP contribution in [0.2, 0.25) is 0 Å². The predicted molar refractivity (Wildman–Crippen MR) is 51.4 cm³/mol. The van der Waals surface area contributed by atoms with Crippen molar-refractivity contribution in [3.8, 4) is 0 Å². The maximum absolute atomic E-state index is 11.3. The molecule has 3 heteroatoms. The molecule has 0 aromatic rings. The van der Waals surface area contributed by atoms with Gasteiger partial charge in [-0.05, 0) is 31.6 Å². The van der Waals surface area contributed by atoms with Crippen LogP contribution in [0.5, 0.6) is 0 Å². The van der Waals surface area contributed by atoms with Crippen LogP contribution >= 0.6 is 0 Å². The fourth-order valence-corrected chi connectivity index (χ4v) is 1.53. The second kappa shape index (κ2) is 3.81. The van der Waals surface area contributed by atoms with E-state index in [2.05, 4.69) is 22.8 Å². The van der Waals surface area contributed by atoms with E-state index in [4.69, 9.17) is 0 Å². The van der Waals surface area contributed by atoms with Gasteiger partial charge in [0, 0.05) is 12.6 Å². The van der Waals surface area contributed by atoms with E-state index >= 15 is 0 Å². The highest BCUT2D eigenvalue weighted by atomic mass is 16.2. The minimum Gasteiger partial charge on any atom is -0.338 e. The topological polar surface area (TPSA) is 41.1 Å². The minimum absolute atomic E-state index is 0.000556. The van der Waals surface area contributed by atoms with Crippen LogP contribution in [0.1, 0.15) is 25.7 Å². The third-order valence-electron chi connectivity index (χ3n) is 2.59. The molecule has 0 radical (unpaired) electrons. The molecule has 2 aliphatic rings. The van der Waals surface area contributed by atoms with Crippen LogP contribution in [0.25, 0.3) is 0 Å². The van der Waals surface area contributed by atoms with E-state index in [0.717, 1.165) is 25.3 Å². The molecule has 1 saturated carbocycles. The van der Waals surface area contributed by atoms with Crippen molar-refractivity contribution in [1.29, 1.82) is 0 Å². The lowest BCUT2D eigenvalue weighted by atomic mass is 10.2. The van der Waals surface area contributed by atoms with E-state index in [1.54, 1.807) is 0 Å². The van der Waals surface area contributed by atoms with Crippen molar-refractivity contribution in [2.75, 3.05) is 6.54 Å². The van der Waals surface area contributed by atoms with Gasteiger partial charge in [-0.15, -0.1) is 0 Å². The first kappa shape index (κ1) is 8.60. The second-order valence-corrected chi connectivity index (χ2v) is 3.94. The summed E-state index contributed by atoms with van der Waals surface area (Å²) in [6, 6.07) is 0.333. The number of hydrogen-bond acceptors (Lipinski definition) is 1. The molecule has 0 bridgehead atoms. The molecule has 0 aliphatic heterocycles. The molecule has 0 heterocycles. The lowest BCUT2D eigenvalue weighted by molar-refractivity contribution is 0.237. The van der Waals surface area contributed by atoms with E-state index in [1.807, 2.05) is 0 Å². The van der Waals surface area contributed by atoms with Crippen LogP contribution in [0.4, 0.5) is 4.79 Å². The average molecular weight is 180 g/mol. The van der Waals surface area contributed by atoms with Gasteiger partial charge in [0.2, 0.25) is 0 Å². The molecule has 0 aromatic carbocycles. The van der Waals surface area contributed by atoms with Crippen LogP contribution in [-0.2, 0) is 0 Å². The summed E-state index contributed by atoms with van der Waals surface area (Å²) < 4.78 is 0. The molecule has 2 rings (SSSR count). The first-order chi connectivity index (χ1) is 6.34. The summed E-state index contributed by atoms with van der Waals surface area (Å²) in [6.45, 7) is 0.853. The summed E-state index contributed by atoms with van der Waals surface area (Å²) >= 11 is 0. The zero-order valence-corrected chi connectivity index (χ0v) is 7.75. The Morgan fingerprint density at radius 2 is 2.00 bits per heavy atom. The molecule has 2 aliphatic carbocycles. The molecule has 0 unspecified atom stereocenters. The van der Waals surface area contributed by atoms with E-state index in [9.17, 15) is 4.79 Å². The molecule has 2 N–H and O–H groups in total. The number of rotatable bonds is 3. The standard InChI is InChI=1S/C10H16N2O/c13-10(11-7-8-5-6-8)12-9-3-1-2-4-9/h1-2,8-9H,3-7H2,(H2,11,12,13). The van der Waals surface area contributed by atoms with E-state index in [1.165, 1.54) is 12.8 Å². The molecule has 2 amide bonds. The summed E-state index contributed by atoms with van der Waals surface area (Å²) in [7, 11) is 0. The van der Waals surface area contributed by atoms with E-state index in [-0.39, 0.29) is 6.03 Å². The van der Waals surface area contributed by atoms with Gasteiger partial charge in [0.15, 0.2) is 0 Å². The third-order valence-corrected chi connectivity index (χ3v) is 2.59. The van der Waals surface area contributed by atoms with E-state index < -0.39 is 0 Å². The Balaban J connectivity index is 1.59. The molecule has 72 valence electrons. The van der Waals surface area contributed by atoms with Crippen molar-refractivity contribution in [3.05, 3.63) is 12.2 Å². The zero-order chi connectivity index (χ0) is 9.10. The highest BCUT2D eigenvalue weighted by molar-refractivity contribution is 5.74. The van der Waals surface area contributed by atoms with Crippen LogP contribution in [-0.4, -0.2) is 18.6 Å². The normalized spacial score (nSPS) is 21.8. The van der Waals surface area contributed by atoms with Crippen LogP contribution < -0.4 is 10.6 Å². The Bertz CT molecular complexity index is 213. The van der Waals surface area contributed by atoms with Gasteiger partial charge in [0.05, 0.1) is 0 Å². The molecule has 0 atom stereocenters.